The SMILES string of the molecule is O=C(CSc1ccc(F)c(F)c1)N1CCN(Cc2nc(-c3ccc(Cl)cc3)no2)CC1. The highest BCUT2D eigenvalue weighted by Crippen LogP contribution is 2.22. The van der Waals surface area contributed by atoms with E-state index in [-0.39, 0.29) is 11.7 Å². The van der Waals surface area contributed by atoms with Crippen LogP contribution in [-0.2, 0) is 11.3 Å². The molecule has 0 saturated carbocycles. The van der Waals surface area contributed by atoms with Crippen LogP contribution >= 0.6 is 23.4 Å². The molecule has 0 unspecified atom stereocenters. The van der Waals surface area contributed by atoms with Crippen molar-refractivity contribution in [2.45, 2.75) is 11.4 Å². The lowest BCUT2D eigenvalue weighted by Gasteiger charge is -2.33. The number of piperazine rings is 1. The van der Waals surface area contributed by atoms with Gasteiger partial charge in [-0.05, 0) is 42.5 Å². The molecule has 0 aliphatic carbocycles. The number of rotatable bonds is 6. The molecular formula is C21H19ClF2N4O2S. The van der Waals surface area contributed by atoms with Crippen molar-refractivity contribution in [1.82, 2.24) is 19.9 Å². The van der Waals surface area contributed by atoms with Gasteiger partial charge in [0.25, 0.3) is 0 Å². The van der Waals surface area contributed by atoms with E-state index >= 15 is 0 Å². The van der Waals surface area contributed by atoms with Crippen LogP contribution < -0.4 is 0 Å². The molecule has 1 aliphatic rings. The first-order valence-electron chi connectivity index (χ1n) is 9.64. The van der Waals surface area contributed by atoms with Crippen molar-refractivity contribution in [2.75, 3.05) is 31.9 Å². The molecule has 1 aromatic heterocycles. The Morgan fingerprint density at radius 3 is 2.52 bits per heavy atom. The summed E-state index contributed by atoms with van der Waals surface area (Å²) in [6.45, 7) is 3.03. The number of amides is 1. The summed E-state index contributed by atoms with van der Waals surface area (Å²) in [7, 11) is 0. The smallest absolute Gasteiger partial charge is 0.241 e. The molecule has 0 N–H and O–H groups in total. The Hall–Kier alpha value is -2.49. The lowest BCUT2D eigenvalue weighted by Crippen LogP contribution is -2.48. The maximum absolute atomic E-state index is 13.3. The molecule has 31 heavy (non-hydrogen) atoms. The van der Waals surface area contributed by atoms with Crippen LogP contribution in [0.2, 0.25) is 5.02 Å². The Kier molecular flexibility index (Phi) is 6.84. The summed E-state index contributed by atoms with van der Waals surface area (Å²) < 4.78 is 31.6. The second-order valence-electron chi connectivity index (χ2n) is 7.04. The summed E-state index contributed by atoms with van der Waals surface area (Å²) in [6.07, 6.45) is 0. The van der Waals surface area contributed by atoms with Crippen molar-refractivity contribution in [3.8, 4) is 11.4 Å². The predicted molar refractivity (Wildman–Crippen MR) is 114 cm³/mol. The average Bonchev–Trinajstić information content (AvgIpc) is 3.24. The standard InChI is InChI=1S/C21H19ClF2N4O2S/c22-15-3-1-14(2-4-15)21-25-19(30-26-21)12-27-7-9-28(10-8-27)20(29)13-31-16-5-6-17(23)18(24)11-16/h1-6,11H,7-10,12-13H2. The molecule has 6 nitrogen and oxygen atoms in total. The zero-order valence-electron chi connectivity index (χ0n) is 16.4. The molecular weight excluding hydrogens is 446 g/mol. The van der Waals surface area contributed by atoms with E-state index in [1.807, 2.05) is 12.1 Å². The van der Waals surface area contributed by atoms with E-state index in [1.54, 1.807) is 17.0 Å². The van der Waals surface area contributed by atoms with Crippen LogP contribution in [0.3, 0.4) is 0 Å². The Bertz CT molecular complexity index is 1060. The van der Waals surface area contributed by atoms with Crippen molar-refractivity contribution in [2.24, 2.45) is 0 Å². The quantitative estimate of drug-likeness (QED) is 0.512. The number of carbonyl (C=O) groups excluding carboxylic acids is 1. The van der Waals surface area contributed by atoms with Gasteiger partial charge in [-0.25, -0.2) is 8.78 Å². The van der Waals surface area contributed by atoms with Gasteiger partial charge in [0.05, 0.1) is 12.3 Å². The summed E-state index contributed by atoms with van der Waals surface area (Å²) in [5.74, 6) is -0.635. The first-order valence-corrected chi connectivity index (χ1v) is 11.0. The van der Waals surface area contributed by atoms with Gasteiger partial charge in [0.2, 0.25) is 17.6 Å². The van der Waals surface area contributed by atoms with Gasteiger partial charge in [-0.1, -0.05) is 16.8 Å². The number of hydrogen-bond donors (Lipinski definition) is 0. The van der Waals surface area contributed by atoms with Crippen LogP contribution in [0.5, 0.6) is 0 Å². The summed E-state index contributed by atoms with van der Waals surface area (Å²) in [5.41, 5.74) is 0.827. The van der Waals surface area contributed by atoms with Crippen LogP contribution in [-0.4, -0.2) is 57.8 Å². The molecule has 1 amide bonds. The topological polar surface area (TPSA) is 62.5 Å². The van der Waals surface area contributed by atoms with E-state index in [4.69, 9.17) is 16.1 Å². The second-order valence-corrected chi connectivity index (χ2v) is 8.53. The first-order chi connectivity index (χ1) is 15.0. The molecule has 0 spiro atoms. The third-order valence-electron chi connectivity index (χ3n) is 4.91. The number of thioether (sulfide) groups is 1. The maximum Gasteiger partial charge on any atom is 0.241 e. The van der Waals surface area contributed by atoms with E-state index < -0.39 is 11.6 Å². The highest BCUT2D eigenvalue weighted by Gasteiger charge is 2.23. The Balaban J connectivity index is 1.24. The number of halogens is 3. The Morgan fingerprint density at radius 1 is 1.06 bits per heavy atom. The van der Waals surface area contributed by atoms with Gasteiger partial charge in [0, 0.05) is 41.7 Å². The van der Waals surface area contributed by atoms with E-state index in [9.17, 15) is 13.6 Å². The largest absolute Gasteiger partial charge is 0.339 e. The summed E-state index contributed by atoms with van der Waals surface area (Å²) in [6, 6.07) is 10.9. The number of benzene rings is 2. The summed E-state index contributed by atoms with van der Waals surface area (Å²) in [4.78, 5) is 21.3. The molecule has 1 fully saturated rings. The van der Waals surface area contributed by atoms with Crippen molar-refractivity contribution < 1.29 is 18.1 Å². The van der Waals surface area contributed by atoms with Crippen LogP contribution in [0.1, 0.15) is 5.89 Å². The third kappa shape index (κ3) is 5.61. The number of hydrogen-bond acceptors (Lipinski definition) is 6. The monoisotopic (exact) mass is 464 g/mol. The van der Waals surface area contributed by atoms with Crippen molar-refractivity contribution >= 4 is 29.3 Å². The Morgan fingerprint density at radius 2 is 1.81 bits per heavy atom. The zero-order chi connectivity index (χ0) is 21.8. The van der Waals surface area contributed by atoms with E-state index in [2.05, 4.69) is 15.0 Å². The minimum atomic E-state index is -0.911. The van der Waals surface area contributed by atoms with Crippen molar-refractivity contribution in [3.05, 3.63) is 65.0 Å². The normalized spacial score (nSPS) is 14.7. The molecule has 2 heterocycles. The second kappa shape index (κ2) is 9.76. The van der Waals surface area contributed by atoms with E-state index in [0.717, 1.165) is 17.7 Å². The molecule has 10 heteroatoms. The van der Waals surface area contributed by atoms with Crippen LogP contribution in [0.25, 0.3) is 11.4 Å². The van der Waals surface area contributed by atoms with Gasteiger partial charge in [-0.15, -0.1) is 11.8 Å². The minimum Gasteiger partial charge on any atom is -0.339 e. The van der Waals surface area contributed by atoms with Crippen LogP contribution in [0.4, 0.5) is 8.78 Å². The fourth-order valence-electron chi connectivity index (χ4n) is 3.18. The highest BCUT2D eigenvalue weighted by atomic mass is 35.5. The van der Waals surface area contributed by atoms with Gasteiger partial charge >= 0.3 is 0 Å². The third-order valence-corrected chi connectivity index (χ3v) is 6.14. The first kappa shape index (κ1) is 21.7. The fourth-order valence-corrected chi connectivity index (χ4v) is 4.13. The number of carbonyl (C=O) groups is 1. The number of aromatic nitrogens is 2. The van der Waals surface area contributed by atoms with Gasteiger partial charge in [0.15, 0.2) is 11.6 Å². The molecule has 3 aromatic rings. The number of nitrogens with zero attached hydrogens (tertiary/aromatic N) is 4. The molecule has 1 saturated heterocycles. The van der Waals surface area contributed by atoms with E-state index in [1.165, 1.54) is 17.8 Å². The van der Waals surface area contributed by atoms with Crippen LogP contribution in [0, 0.1) is 11.6 Å². The molecule has 2 aromatic carbocycles. The zero-order valence-corrected chi connectivity index (χ0v) is 18.0. The van der Waals surface area contributed by atoms with Gasteiger partial charge < -0.3 is 9.42 Å². The molecule has 4 rings (SSSR count). The van der Waals surface area contributed by atoms with Crippen LogP contribution in [0.15, 0.2) is 51.9 Å². The maximum atomic E-state index is 13.3. The fraction of sp³-hybridized carbons (Fsp3) is 0.286. The molecule has 0 bridgehead atoms. The minimum absolute atomic E-state index is 0.0304. The Labute approximate surface area is 187 Å². The lowest BCUT2D eigenvalue weighted by molar-refractivity contribution is -0.130. The molecule has 0 atom stereocenters. The van der Waals surface area contributed by atoms with Gasteiger partial charge in [-0.2, -0.15) is 4.98 Å². The predicted octanol–water partition coefficient (Wildman–Crippen LogP) is 4.10. The van der Waals surface area contributed by atoms with Gasteiger partial charge in [-0.3, -0.25) is 9.69 Å². The highest BCUT2D eigenvalue weighted by molar-refractivity contribution is 8.00. The summed E-state index contributed by atoms with van der Waals surface area (Å²) >= 11 is 7.10. The molecule has 162 valence electrons. The lowest BCUT2D eigenvalue weighted by atomic mass is 10.2. The van der Waals surface area contributed by atoms with E-state index in [0.29, 0.717) is 54.4 Å². The van der Waals surface area contributed by atoms with Gasteiger partial charge in [0.1, 0.15) is 0 Å². The molecule has 1 aliphatic heterocycles. The average molecular weight is 465 g/mol. The summed E-state index contributed by atoms with van der Waals surface area (Å²) in [5, 5.41) is 4.66. The van der Waals surface area contributed by atoms with Crippen molar-refractivity contribution in [1.29, 1.82) is 0 Å². The molecule has 0 radical (unpaired) electrons. The van der Waals surface area contributed by atoms with Crippen molar-refractivity contribution in [3.63, 3.8) is 0 Å².